The molecule has 0 fully saturated rings. The summed E-state index contributed by atoms with van der Waals surface area (Å²) in [5.41, 5.74) is 3.65. The van der Waals surface area contributed by atoms with Crippen molar-refractivity contribution in [3.05, 3.63) is 52.9 Å². The van der Waals surface area contributed by atoms with E-state index < -0.39 is 0 Å². The first kappa shape index (κ1) is 12.9. The Bertz CT molecular complexity index is 642. The number of nitrogens with zero attached hydrogens (tertiary/aromatic N) is 2. The maximum absolute atomic E-state index is 9.30. The van der Waals surface area contributed by atoms with E-state index in [1.54, 1.807) is 0 Å². The number of hydrogen-bond donors (Lipinski definition) is 1. The van der Waals surface area contributed by atoms with Crippen LogP contribution in [0, 0.1) is 5.41 Å². The first-order valence-electron chi connectivity index (χ1n) is 6.82. The van der Waals surface area contributed by atoms with Gasteiger partial charge in [0.2, 0.25) is 0 Å². The van der Waals surface area contributed by atoms with Crippen LogP contribution >= 0.6 is 0 Å². The zero-order valence-corrected chi connectivity index (χ0v) is 11.8. The van der Waals surface area contributed by atoms with Gasteiger partial charge in [-0.3, -0.25) is 0 Å². The molecule has 20 heavy (non-hydrogen) atoms. The summed E-state index contributed by atoms with van der Waals surface area (Å²) in [6, 6.07) is 10.1. The Morgan fingerprint density at radius 3 is 2.70 bits per heavy atom. The van der Waals surface area contributed by atoms with Gasteiger partial charge < -0.3 is 9.73 Å². The van der Waals surface area contributed by atoms with E-state index in [0.29, 0.717) is 12.1 Å². The summed E-state index contributed by atoms with van der Waals surface area (Å²) in [7, 11) is 0. The number of hydrogen-bond acceptors (Lipinski definition) is 4. The largest absolute Gasteiger partial charge is 0.411 e. The molecule has 1 aromatic heterocycles. The summed E-state index contributed by atoms with van der Waals surface area (Å²) in [5.74, 6) is 0.833. The number of benzene rings is 1. The molecule has 0 bridgehead atoms. The fourth-order valence-corrected chi connectivity index (χ4v) is 2.84. The maximum Gasteiger partial charge on any atom is 0.146 e. The van der Waals surface area contributed by atoms with E-state index >= 15 is 0 Å². The molecule has 0 radical (unpaired) electrons. The fourth-order valence-electron chi connectivity index (χ4n) is 2.84. The average molecular weight is 270 g/mol. The Morgan fingerprint density at radius 1 is 1.25 bits per heavy atom. The third-order valence-electron chi connectivity index (χ3n) is 3.74. The predicted molar refractivity (Wildman–Crippen MR) is 76.2 cm³/mol. The summed E-state index contributed by atoms with van der Waals surface area (Å²) >= 11 is 0. The van der Waals surface area contributed by atoms with E-state index in [9.17, 15) is 5.21 Å². The Balaban J connectivity index is 1.98. The molecular formula is C16H18N2O2. The van der Waals surface area contributed by atoms with Crippen molar-refractivity contribution in [2.75, 3.05) is 0 Å². The van der Waals surface area contributed by atoms with Crippen LogP contribution in [0.25, 0.3) is 0 Å². The van der Waals surface area contributed by atoms with Crippen LogP contribution in [0.2, 0.25) is 0 Å². The highest BCUT2D eigenvalue weighted by Gasteiger charge is 2.35. The predicted octanol–water partition coefficient (Wildman–Crippen LogP) is 3.42. The van der Waals surface area contributed by atoms with Crippen molar-refractivity contribution in [2.45, 2.75) is 33.1 Å². The van der Waals surface area contributed by atoms with Crippen molar-refractivity contribution in [1.29, 1.82) is 0 Å². The maximum atomic E-state index is 9.30. The molecule has 0 amide bonds. The van der Waals surface area contributed by atoms with Gasteiger partial charge in [0.15, 0.2) is 0 Å². The second kappa shape index (κ2) is 4.78. The summed E-state index contributed by atoms with van der Waals surface area (Å²) in [5, 5.41) is 17.0. The fraction of sp³-hybridized carbons (Fsp3) is 0.375. The Labute approximate surface area is 118 Å². The molecule has 1 N–H and O–H groups in total. The van der Waals surface area contributed by atoms with Crippen LogP contribution in [-0.4, -0.2) is 16.1 Å². The molecule has 1 aliphatic rings. The van der Waals surface area contributed by atoms with Crippen molar-refractivity contribution in [3.63, 3.8) is 0 Å². The second-order valence-corrected chi connectivity index (χ2v) is 6.15. The molecule has 4 nitrogen and oxygen atoms in total. The molecule has 0 atom stereocenters. The summed E-state index contributed by atoms with van der Waals surface area (Å²) in [6.07, 6.45) is 2.25. The number of aromatic nitrogens is 1. The highest BCUT2D eigenvalue weighted by molar-refractivity contribution is 6.03. The molecule has 2 aromatic rings. The van der Waals surface area contributed by atoms with E-state index in [1.165, 1.54) is 5.56 Å². The average Bonchev–Trinajstić information content (AvgIpc) is 2.80. The molecule has 1 aliphatic carbocycles. The zero-order chi connectivity index (χ0) is 14.2. The molecule has 0 aliphatic heterocycles. The van der Waals surface area contributed by atoms with Gasteiger partial charge in [-0.15, -0.1) is 0 Å². The van der Waals surface area contributed by atoms with Crippen molar-refractivity contribution >= 4 is 5.71 Å². The highest BCUT2D eigenvalue weighted by Crippen LogP contribution is 2.36. The van der Waals surface area contributed by atoms with Crippen molar-refractivity contribution in [3.8, 4) is 0 Å². The molecule has 1 heterocycles. The molecule has 104 valence electrons. The molecule has 0 spiro atoms. The molecule has 3 rings (SSSR count). The van der Waals surface area contributed by atoms with Crippen LogP contribution in [-0.2, 0) is 12.8 Å². The van der Waals surface area contributed by atoms with Gasteiger partial charge in [-0.05, 0) is 17.4 Å². The van der Waals surface area contributed by atoms with Crippen molar-refractivity contribution in [1.82, 2.24) is 5.16 Å². The van der Waals surface area contributed by atoms with E-state index in [-0.39, 0.29) is 5.41 Å². The monoisotopic (exact) mass is 270 g/mol. The van der Waals surface area contributed by atoms with Crippen LogP contribution in [0.4, 0.5) is 0 Å². The van der Waals surface area contributed by atoms with E-state index in [0.717, 1.165) is 29.9 Å². The number of fused-ring (bicyclic) bond motifs is 1. The SMILES string of the molecule is CC1(C)C/C(=N/O)c2c(Cc3ccccc3)noc2C1. The van der Waals surface area contributed by atoms with Gasteiger partial charge >= 0.3 is 0 Å². The lowest BCUT2D eigenvalue weighted by atomic mass is 9.75. The van der Waals surface area contributed by atoms with Crippen molar-refractivity contribution < 1.29 is 9.73 Å². The molecule has 0 saturated carbocycles. The summed E-state index contributed by atoms with van der Waals surface area (Å²) < 4.78 is 5.49. The molecule has 1 aromatic carbocycles. The quantitative estimate of drug-likeness (QED) is 0.672. The van der Waals surface area contributed by atoms with E-state index in [4.69, 9.17) is 4.52 Å². The molecule has 4 heteroatoms. The standard InChI is InChI=1S/C16H18N2O2/c1-16(2)9-13(17-19)15-12(18-20-14(15)10-16)8-11-6-4-3-5-7-11/h3-7,19H,8-10H2,1-2H3/b17-13-. The molecule has 0 saturated heterocycles. The van der Waals surface area contributed by atoms with Crippen LogP contribution in [0.3, 0.4) is 0 Å². The van der Waals surface area contributed by atoms with Crippen molar-refractivity contribution in [2.24, 2.45) is 10.6 Å². The Kier molecular flexibility index (Phi) is 3.08. The third kappa shape index (κ3) is 2.33. The van der Waals surface area contributed by atoms with Crippen LogP contribution in [0.1, 0.15) is 42.8 Å². The molecular weight excluding hydrogens is 252 g/mol. The lowest BCUT2D eigenvalue weighted by Crippen LogP contribution is -2.27. The highest BCUT2D eigenvalue weighted by atomic mass is 16.5. The Morgan fingerprint density at radius 2 is 2.00 bits per heavy atom. The van der Waals surface area contributed by atoms with Gasteiger partial charge in [0.25, 0.3) is 0 Å². The van der Waals surface area contributed by atoms with Gasteiger partial charge in [0.05, 0.1) is 17.0 Å². The van der Waals surface area contributed by atoms with Gasteiger partial charge in [0.1, 0.15) is 5.76 Å². The number of oxime groups is 1. The summed E-state index contributed by atoms with van der Waals surface area (Å²) in [6.45, 7) is 4.28. The number of rotatable bonds is 2. The Hall–Kier alpha value is -2.10. The second-order valence-electron chi connectivity index (χ2n) is 6.15. The van der Waals surface area contributed by atoms with Crippen LogP contribution in [0.5, 0.6) is 0 Å². The van der Waals surface area contributed by atoms with Gasteiger partial charge in [-0.1, -0.05) is 54.5 Å². The minimum atomic E-state index is 0.0398. The minimum absolute atomic E-state index is 0.0398. The zero-order valence-electron chi connectivity index (χ0n) is 11.8. The van der Waals surface area contributed by atoms with E-state index in [1.807, 2.05) is 18.2 Å². The van der Waals surface area contributed by atoms with Crippen LogP contribution in [0.15, 0.2) is 40.0 Å². The first-order chi connectivity index (χ1) is 9.59. The van der Waals surface area contributed by atoms with Gasteiger partial charge in [-0.2, -0.15) is 0 Å². The first-order valence-corrected chi connectivity index (χ1v) is 6.82. The lowest BCUT2D eigenvalue weighted by molar-refractivity contribution is 0.285. The van der Waals surface area contributed by atoms with E-state index in [2.05, 4.69) is 36.3 Å². The van der Waals surface area contributed by atoms with Crippen LogP contribution < -0.4 is 0 Å². The minimum Gasteiger partial charge on any atom is -0.411 e. The normalized spacial score (nSPS) is 19.0. The summed E-state index contributed by atoms with van der Waals surface area (Å²) in [4.78, 5) is 0. The topological polar surface area (TPSA) is 58.6 Å². The van der Waals surface area contributed by atoms with Gasteiger partial charge in [0, 0.05) is 12.8 Å². The third-order valence-corrected chi connectivity index (χ3v) is 3.74. The van der Waals surface area contributed by atoms with Gasteiger partial charge in [-0.25, -0.2) is 0 Å². The smallest absolute Gasteiger partial charge is 0.146 e. The lowest BCUT2D eigenvalue weighted by Gasteiger charge is -2.28. The molecule has 0 unspecified atom stereocenters.